The second-order valence-corrected chi connectivity index (χ2v) is 7.64. The zero-order valence-corrected chi connectivity index (χ0v) is 17.1. The van der Waals surface area contributed by atoms with Crippen molar-refractivity contribution in [2.45, 2.75) is 24.8 Å². The van der Waals surface area contributed by atoms with Crippen LogP contribution in [0.2, 0.25) is 0 Å². The largest absolute Gasteiger partial charge is 0.357 e. The Kier molecular flexibility index (Phi) is 7.60. The summed E-state index contributed by atoms with van der Waals surface area (Å²) in [5.41, 5.74) is 3.57. The number of carbonyl (C=O) groups excluding carboxylic acids is 1. The molecule has 0 spiro atoms. The van der Waals surface area contributed by atoms with Gasteiger partial charge in [-0.15, -0.1) is 0 Å². The first-order valence-corrected chi connectivity index (χ1v) is 10.3. The summed E-state index contributed by atoms with van der Waals surface area (Å²) in [6.45, 7) is 2.53. The maximum Gasteiger partial charge on any atom is 0.207 e. The van der Waals surface area contributed by atoms with Crippen molar-refractivity contribution in [3.8, 4) is 0 Å². The molecule has 150 valence electrons. The van der Waals surface area contributed by atoms with Crippen molar-refractivity contribution in [1.29, 1.82) is 0 Å². The summed E-state index contributed by atoms with van der Waals surface area (Å²) in [6.07, 6.45) is 2.80. The highest BCUT2D eigenvalue weighted by Crippen LogP contribution is 2.36. The van der Waals surface area contributed by atoms with Crippen molar-refractivity contribution >= 4 is 6.41 Å². The molecule has 3 aromatic rings. The topological polar surface area (TPSA) is 32.3 Å². The van der Waals surface area contributed by atoms with E-state index < -0.39 is 0 Å². The van der Waals surface area contributed by atoms with Crippen LogP contribution in [0.4, 0.5) is 0 Å². The standard InChI is InChI=1S/C26H30N2O/c1-28(20-23-12-5-2-6-13-23)19-11-18-26(21-27-22-29,24-14-7-3-8-15-24)25-16-9-4-10-17-25/h2-10,12-17,22H,11,18-21H2,1H3,(H,27,29). The maximum absolute atomic E-state index is 11.2. The van der Waals surface area contributed by atoms with Gasteiger partial charge in [-0.1, -0.05) is 91.0 Å². The summed E-state index contributed by atoms with van der Waals surface area (Å²) < 4.78 is 0. The van der Waals surface area contributed by atoms with E-state index in [-0.39, 0.29) is 5.41 Å². The molecular weight excluding hydrogens is 356 g/mol. The molecule has 3 aromatic carbocycles. The highest BCUT2D eigenvalue weighted by molar-refractivity contribution is 5.48. The van der Waals surface area contributed by atoms with Crippen molar-refractivity contribution < 1.29 is 4.79 Å². The number of nitrogens with zero attached hydrogens (tertiary/aromatic N) is 1. The van der Waals surface area contributed by atoms with E-state index in [0.717, 1.165) is 32.3 Å². The van der Waals surface area contributed by atoms with Crippen LogP contribution >= 0.6 is 0 Å². The Hall–Kier alpha value is -2.91. The van der Waals surface area contributed by atoms with Crippen molar-refractivity contribution in [3.63, 3.8) is 0 Å². The third-order valence-corrected chi connectivity index (χ3v) is 5.58. The van der Waals surface area contributed by atoms with Crippen molar-refractivity contribution in [2.75, 3.05) is 20.1 Å². The van der Waals surface area contributed by atoms with E-state index in [1.54, 1.807) is 0 Å². The zero-order chi connectivity index (χ0) is 20.4. The van der Waals surface area contributed by atoms with Crippen LogP contribution in [0.5, 0.6) is 0 Å². The minimum absolute atomic E-state index is 0.239. The molecule has 0 atom stereocenters. The van der Waals surface area contributed by atoms with Gasteiger partial charge < -0.3 is 10.2 Å². The van der Waals surface area contributed by atoms with Crippen molar-refractivity contribution in [3.05, 3.63) is 108 Å². The number of rotatable bonds is 11. The van der Waals surface area contributed by atoms with Gasteiger partial charge in [-0.25, -0.2) is 0 Å². The number of benzene rings is 3. The average Bonchev–Trinajstić information content (AvgIpc) is 2.78. The Bertz CT molecular complexity index is 810. The van der Waals surface area contributed by atoms with Crippen LogP contribution in [0.15, 0.2) is 91.0 Å². The molecule has 29 heavy (non-hydrogen) atoms. The van der Waals surface area contributed by atoms with Gasteiger partial charge in [0, 0.05) is 18.5 Å². The van der Waals surface area contributed by atoms with E-state index in [4.69, 9.17) is 0 Å². The summed E-state index contributed by atoms with van der Waals surface area (Å²) in [4.78, 5) is 13.5. The summed E-state index contributed by atoms with van der Waals surface area (Å²) in [6, 6.07) is 31.7. The third kappa shape index (κ3) is 5.55. The molecule has 0 aliphatic rings. The first-order chi connectivity index (χ1) is 14.2. The Morgan fingerprint density at radius 2 is 1.34 bits per heavy atom. The lowest BCUT2D eigenvalue weighted by Crippen LogP contribution is -2.39. The molecule has 0 radical (unpaired) electrons. The summed E-state index contributed by atoms with van der Waals surface area (Å²) in [7, 11) is 2.17. The highest BCUT2D eigenvalue weighted by atomic mass is 16.1. The quantitative estimate of drug-likeness (QED) is 0.487. The monoisotopic (exact) mass is 386 g/mol. The van der Waals surface area contributed by atoms with Crippen LogP contribution in [0.1, 0.15) is 29.5 Å². The first kappa shape index (κ1) is 20.8. The minimum atomic E-state index is -0.239. The van der Waals surface area contributed by atoms with Crippen molar-refractivity contribution in [2.24, 2.45) is 0 Å². The normalized spacial score (nSPS) is 11.4. The van der Waals surface area contributed by atoms with Crippen molar-refractivity contribution in [1.82, 2.24) is 10.2 Å². The molecule has 0 saturated carbocycles. The average molecular weight is 387 g/mol. The lowest BCUT2D eigenvalue weighted by Gasteiger charge is -2.35. The predicted octanol–water partition coefficient (Wildman–Crippen LogP) is 4.63. The highest BCUT2D eigenvalue weighted by Gasteiger charge is 2.33. The smallest absolute Gasteiger partial charge is 0.207 e. The van der Waals surface area contributed by atoms with Gasteiger partial charge in [0.15, 0.2) is 0 Å². The minimum Gasteiger partial charge on any atom is -0.357 e. The number of amides is 1. The van der Waals surface area contributed by atoms with E-state index in [9.17, 15) is 4.79 Å². The van der Waals surface area contributed by atoms with Gasteiger partial charge in [-0.3, -0.25) is 4.79 Å². The summed E-state index contributed by atoms with van der Waals surface area (Å²) >= 11 is 0. The van der Waals surface area contributed by atoms with Crippen LogP contribution in [-0.2, 0) is 16.8 Å². The SMILES string of the molecule is CN(CCCC(CNC=O)(c1ccccc1)c1ccccc1)Cc1ccccc1. The number of hydrogen-bond acceptors (Lipinski definition) is 2. The fourth-order valence-corrected chi connectivity index (χ4v) is 4.10. The molecule has 3 nitrogen and oxygen atoms in total. The molecule has 0 heterocycles. The predicted molar refractivity (Wildman–Crippen MR) is 120 cm³/mol. The van der Waals surface area contributed by atoms with Crippen LogP contribution in [0, 0.1) is 0 Å². The molecule has 3 heteroatoms. The van der Waals surface area contributed by atoms with Crippen LogP contribution in [0.25, 0.3) is 0 Å². The van der Waals surface area contributed by atoms with Gasteiger partial charge in [0.05, 0.1) is 0 Å². The molecule has 0 aliphatic carbocycles. The Balaban J connectivity index is 1.78. The second kappa shape index (κ2) is 10.6. The van der Waals surface area contributed by atoms with Gasteiger partial charge in [0.2, 0.25) is 6.41 Å². The summed E-state index contributed by atoms with van der Waals surface area (Å²) in [5, 5.41) is 2.97. The lowest BCUT2D eigenvalue weighted by atomic mass is 9.71. The number of nitrogens with one attached hydrogen (secondary N) is 1. The molecular formula is C26H30N2O. The molecule has 0 fully saturated rings. The molecule has 0 unspecified atom stereocenters. The van der Waals surface area contributed by atoms with E-state index in [1.807, 2.05) is 12.1 Å². The maximum atomic E-state index is 11.2. The van der Waals surface area contributed by atoms with Crippen LogP contribution in [-0.4, -0.2) is 31.4 Å². The molecule has 1 N–H and O–H groups in total. The second-order valence-electron chi connectivity index (χ2n) is 7.64. The number of carbonyl (C=O) groups is 1. The molecule has 0 aliphatic heterocycles. The van der Waals surface area contributed by atoms with E-state index >= 15 is 0 Å². The van der Waals surface area contributed by atoms with Gasteiger partial charge in [0.25, 0.3) is 0 Å². The Morgan fingerprint density at radius 3 is 1.86 bits per heavy atom. The van der Waals surface area contributed by atoms with E-state index in [2.05, 4.69) is 96.1 Å². The fraction of sp³-hybridized carbons (Fsp3) is 0.269. The summed E-state index contributed by atoms with van der Waals surface area (Å²) in [5.74, 6) is 0. The van der Waals surface area contributed by atoms with Gasteiger partial charge >= 0.3 is 0 Å². The number of hydrogen-bond donors (Lipinski definition) is 1. The van der Waals surface area contributed by atoms with Crippen LogP contribution < -0.4 is 5.32 Å². The van der Waals surface area contributed by atoms with E-state index in [0.29, 0.717) is 6.54 Å². The first-order valence-electron chi connectivity index (χ1n) is 10.3. The molecule has 3 rings (SSSR count). The third-order valence-electron chi connectivity index (χ3n) is 5.58. The zero-order valence-electron chi connectivity index (χ0n) is 17.1. The Labute approximate surface area is 174 Å². The van der Waals surface area contributed by atoms with Gasteiger partial charge in [-0.2, -0.15) is 0 Å². The molecule has 1 amide bonds. The van der Waals surface area contributed by atoms with E-state index in [1.165, 1.54) is 16.7 Å². The van der Waals surface area contributed by atoms with Crippen LogP contribution in [0.3, 0.4) is 0 Å². The Morgan fingerprint density at radius 1 is 0.828 bits per heavy atom. The van der Waals surface area contributed by atoms with Gasteiger partial charge in [-0.05, 0) is 43.1 Å². The molecule has 0 aromatic heterocycles. The molecule has 0 saturated heterocycles. The van der Waals surface area contributed by atoms with Gasteiger partial charge in [0.1, 0.15) is 0 Å². The fourth-order valence-electron chi connectivity index (χ4n) is 4.10. The molecule has 0 bridgehead atoms. The lowest BCUT2D eigenvalue weighted by molar-refractivity contribution is -0.109.